The van der Waals surface area contributed by atoms with Crippen molar-refractivity contribution in [1.82, 2.24) is 10.2 Å². The second-order valence-corrected chi connectivity index (χ2v) is 12.0. The average molecular weight is 611 g/mol. The Kier molecular flexibility index (Phi) is 12.3. The van der Waals surface area contributed by atoms with Gasteiger partial charge >= 0.3 is 0 Å². The minimum atomic E-state index is -3.71. The summed E-state index contributed by atoms with van der Waals surface area (Å²) >= 11 is 25.0. The van der Waals surface area contributed by atoms with Gasteiger partial charge in [-0.25, -0.2) is 8.42 Å². The Morgan fingerprint density at radius 2 is 1.65 bits per heavy atom. The highest BCUT2D eigenvalue weighted by Crippen LogP contribution is 2.31. The predicted molar refractivity (Wildman–Crippen MR) is 152 cm³/mol. The summed E-state index contributed by atoms with van der Waals surface area (Å²) < 4.78 is 26.1. The first kappa shape index (κ1) is 31.5. The zero-order valence-electron chi connectivity index (χ0n) is 20.9. The van der Waals surface area contributed by atoms with E-state index in [1.165, 1.54) is 17.0 Å². The van der Waals surface area contributed by atoms with E-state index >= 15 is 0 Å². The topological polar surface area (TPSA) is 86.8 Å². The molecule has 2 amide bonds. The van der Waals surface area contributed by atoms with Crippen LogP contribution in [0.3, 0.4) is 0 Å². The molecule has 204 valence electrons. The molecule has 0 fully saturated rings. The van der Waals surface area contributed by atoms with Gasteiger partial charge in [0.1, 0.15) is 6.04 Å². The van der Waals surface area contributed by atoms with Gasteiger partial charge in [0, 0.05) is 46.7 Å². The number of halogens is 4. The van der Waals surface area contributed by atoms with Crippen molar-refractivity contribution in [2.75, 3.05) is 23.7 Å². The average Bonchev–Trinajstić information content (AvgIpc) is 2.83. The smallest absolute Gasteiger partial charge is 0.242 e. The summed E-state index contributed by atoms with van der Waals surface area (Å²) in [5, 5.41) is 4.16. The minimum Gasteiger partial charge on any atom is -0.354 e. The summed E-state index contributed by atoms with van der Waals surface area (Å²) in [6.45, 7) is 4.26. The summed E-state index contributed by atoms with van der Waals surface area (Å²) in [6, 6.07) is 8.82. The van der Waals surface area contributed by atoms with Crippen LogP contribution in [0.15, 0.2) is 36.4 Å². The van der Waals surface area contributed by atoms with Crippen molar-refractivity contribution in [2.45, 2.75) is 52.1 Å². The van der Waals surface area contributed by atoms with Crippen LogP contribution in [-0.2, 0) is 26.2 Å². The van der Waals surface area contributed by atoms with E-state index in [1.807, 2.05) is 13.8 Å². The van der Waals surface area contributed by atoms with Crippen molar-refractivity contribution in [1.29, 1.82) is 0 Å². The molecule has 0 aliphatic rings. The van der Waals surface area contributed by atoms with Crippen LogP contribution in [0.5, 0.6) is 0 Å². The molecule has 0 unspecified atom stereocenters. The Balaban J connectivity index is 2.29. The predicted octanol–water partition coefficient (Wildman–Crippen LogP) is 6.18. The van der Waals surface area contributed by atoms with E-state index in [4.69, 9.17) is 46.4 Å². The van der Waals surface area contributed by atoms with E-state index in [0.29, 0.717) is 33.6 Å². The standard InChI is InChI=1S/C25H31Cl4N3O4S/c1-4-13-30-25(34)22(5-2)31(16-18-19(27)8-6-9-20(18)28)24(33)10-7-14-32(37(3,35)36)23-15-17(26)11-12-21(23)29/h6,8-9,11-12,15,22H,4-5,7,10,13-14,16H2,1-3H3,(H,30,34)/t22-/m0/s1. The van der Waals surface area contributed by atoms with E-state index in [1.54, 1.807) is 24.3 Å². The lowest BCUT2D eigenvalue weighted by Gasteiger charge is -2.31. The zero-order chi connectivity index (χ0) is 27.8. The number of nitrogens with zero attached hydrogens (tertiary/aromatic N) is 2. The largest absolute Gasteiger partial charge is 0.354 e. The number of carbonyl (C=O) groups is 2. The number of anilines is 1. The molecule has 1 atom stereocenters. The highest BCUT2D eigenvalue weighted by molar-refractivity contribution is 7.92. The SMILES string of the molecule is CCCNC(=O)[C@H](CC)N(Cc1c(Cl)cccc1Cl)C(=O)CCCN(c1cc(Cl)ccc1Cl)S(C)(=O)=O. The number of rotatable bonds is 13. The molecule has 12 heteroatoms. The number of hydrogen-bond acceptors (Lipinski definition) is 4. The number of hydrogen-bond donors (Lipinski definition) is 1. The lowest BCUT2D eigenvalue weighted by Crippen LogP contribution is -2.49. The van der Waals surface area contributed by atoms with Crippen molar-refractivity contribution < 1.29 is 18.0 Å². The van der Waals surface area contributed by atoms with Crippen LogP contribution in [0.2, 0.25) is 20.1 Å². The molecular weight excluding hydrogens is 580 g/mol. The highest BCUT2D eigenvalue weighted by Gasteiger charge is 2.30. The van der Waals surface area contributed by atoms with Gasteiger partial charge in [-0.15, -0.1) is 0 Å². The second-order valence-electron chi connectivity index (χ2n) is 8.47. The van der Waals surface area contributed by atoms with Crippen LogP contribution in [0, 0.1) is 0 Å². The Hall–Kier alpha value is -1.71. The molecule has 1 N–H and O–H groups in total. The quantitative estimate of drug-likeness (QED) is 0.293. The molecule has 7 nitrogen and oxygen atoms in total. The van der Waals surface area contributed by atoms with Gasteiger partial charge < -0.3 is 10.2 Å². The van der Waals surface area contributed by atoms with E-state index in [2.05, 4.69) is 5.32 Å². The highest BCUT2D eigenvalue weighted by atomic mass is 35.5. The fourth-order valence-corrected chi connectivity index (χ4v) is 5.72. The Labute approximate surface area is 239 Å². The van der Waals surface area contributed by atoms with Gasteiger partial charge in [-0.2, -0.15) is 0 Å². The third-order valence-corrected chi connectivity index (χ3v) is 8.10. The summed E-state index contributed by atoms with van der Waals surface area (Å²) in [7, 11) is -3.71. The molecule has 0 saturated heterocycles. The molecule has 0 saturated carbocycles. The molecule has 0 aromatic heterocycles. The maximum atomic E-state index is 13.5. The molecule has 37 heavy (non-hydrogen) atoms. The van der Waals surface area contributed by atoms with E-state index in [9.17, 15) is 18.0 Å². The molecule has 2 aromatic rings. The fourth-order valence-electron chi connectivity index (χ4n) is 3.80. The summed E-state index contributed by atoms with van der Waals surface area (Å²) in [6.07, 6.45) is 2.33. The van der Waals surface area contributed by atoms with Gasteiger partial charge in [0.05, 0.1) is 17.0 Å². The summed E-state index contributed by atoms with van der Waals surface area (Å²) in [4.78, 5) is 27.9. The van der Waals surface area contributed by atoms with Gasteiger partial charge in [0.2, 0.25) is 21.8 Å². The Morgan fingerprint density at radius 3 is 2.22 bits per heavy atom. The number of amides is 2. The molecule has 0 radical (unpaired) electrons. The molecule has 2 rings (SSSR count). The Morgan fingerprint density at radius 1 is 1.00 bits per heavy atom. The molecular formula is C25H31Cl4N3O4S. The van der Waals surface area contributed by atoms with E-state index < -0.39 is 16.1 Å². The van der Waals surface area contributed by atoms with Gasteiger partial charge in [0.15, 0.2) is 0 Å². The zero-order valence-corrected chi connectivity index (χ0v) is 24.8. The van der Waals surface area contributed by atoms with Gasteiger partial charge in [-0.3, -0.25) is 13.9 Å². The van der Waals surface area contributed by atoms with Gasteiger partial charge in [-0.1, -0.05) is 66.3 Å². The number of benzene rings is 2. The van der Waals surface area contributed by atoms with Crippen LogP contribution >= 0.6 is 46.4 Å². The van der Waals surface area contributed by atoms with Crippen molar-refractivity contribution in [3.05, 3.63) is 62.1 Å². The van der Waals surface area contributed by atoms with Crippen molar-refractivity contribution in [3.8, 4) is 0 Å². The lowest BCUT2D eigenvalue weighted by atomic mass is 10.1. The van der Waals surface area contributed by atoms with Gasteiger partial charge in [0.25, 0.3) is 0 Å². The molecule has 0 bridgehead atoms. The van der Waals surface area contributed by atoms with Crippen molar-refractivity contribution >= 4 is 73.9 Å². The van der Waals surface area contributed by atoms with Crippen LogP contribution < -0.4 is 9.62 Å². The normalized spacial score (nSPS) is 12.2. The molecule has 2 aromatic carbocycles. The van der Waals surface area contributed by atoms with Crippen LogP contribution in [0.1, 0.15) is 45.1 Å². The van der Waals surface area contributed by atoms with Crippen LogP contribution in [-0.4, -0.2) is 50.5 Å². The maximum absolute atomic E-state index is 13.5. The van der Waals surface area contributed by atoms with Crippen molar-refractivity contribution in [2.24, 2.45) is 0 Å². The number of nitrogens with one attached hydrogen (secondary N) is 1. The first-order valence-corrected chi connectivity index (χ1v) is 15.2. The van der Waals surface area contributed by atoms with E-state index in [0.717, 1.165) is 17.0 Å². The van der Waals surface area contributed by atoms with E-state index in [-0.39, 0.29) is 48.5 Å². The third-order valence-electron chi connectivity index (χ3n) is 5.65. The number of sulfonamides is 1. The third kappa shape index (κ3) is 8.93. The molecule has 0 spiro atoms. The first-order valence-electron chi connectivity index (χ1n) is 11.8. The van der Waals surface area contributed by atoms with Crippen LogP contribution in [0.4, 0.5) is 5.69 Å². The minimum absolute atomic E-state index is 0.00977. The molecule has 0 aliphatic carbocycles. The number of carbonyl (C=O) groups excluding carboxylic acids is 2. The first-order chi connectivity index (χ1) is 17.4. The summed E-state index contributed by atoms with van der Waals surface area (Å²) in [5.41, 5.74) is 0.763. The monoisotopic (exact) mass is 609 g/mol. The second kappa shape index (κ2) is 14.4. The fraction of sp³-hybridized carbons (Fsp3) is 0.440. The Bertz CT molecular complexity index is 1190. The van der Waals surface area contributed by atoms with Crippen molar-refractivity contribution in [3.63, 3.8) is 0 Å². The maximum Gasteiger partial charge on any atom is 0.242 e. The lowest BCUT2D eigenvalue weighted by molar-refractivity contribution is -0.141. The van der Waals surface area contributed by atoms with Gasteiger partial charge in [-0.05, 0) is 49.6 Å². The molecule has 0 heterocycles. The summed E-state index contributed by atoms with van der Waals surface area (Å²) in [5.74, 6) is -0.607. The molecule has 0 aliphatic heterocycles. The van der Waals surface area contributed by atoms with Crippen LogP contribution in [0.25, 0.3) is 0 Å².